The van der Waals surface area contributed by atoms with Crippen LogP contribution in [0.15, 0.2) is 36.4 Å². The number of morpholine rings is 1. The number of aromatic nitrogens is 4. The summed E-state index contributed by atoms with van der Waals surface area (Å²) in [5.41, 5.74) is 2.63. The molecule has 0 atom stereocenters. The normalized spacial score (nSPS) is 14.3. The molecule has 1 saturated heterocycles. The van der Waals surface area contributed by atoms with Crippen molar-refractivity contribution in [3.63, 3.8) is 0 Å². The van der Waals surface area contributed by atoms with Crippen LogP contribution < -0.4 is 10.2 Å². The van der Waals surface area contributed by atoms with Crippen LogP contribution in [0.1, 0.15) is 5.56 Å². The second kappa shape index (κ2) is 8.53. The van der Waals surface area contributed by atoms with Crippen molar-refractivity contribution in [3.05, 3.63) is 57.0 Å². The quantitative estimate of drug-likeness (QED) is 0.646. The van der Waals surface area contributed by atoms with Crippen molar-refractivity contribution in [3.8, 4) is 5.69 Å². The lowest BCUT2D eigenvalue weighted by Crippen LogP contribution is -2.37. The number of halogens is 3. The summed E-state index contributed by atoms with van der Waals surface area (Å²) >= 11 is 18.9. The molecule has 2 heterocycles. The predicted octanol–water partition coefficient (Wildman–Crippen LogP) is 4.07. The molecule has 2 aromatic carbocycles. The fraction of sp³-hybridized carbons (Fsp3) is 0.278. The number of ether oxygens (including phenoxy) is 1. The van der Waals surface area contributed by atoms with Gasteiger partial charge >= 0.3 is 0 Å². The van der Waals surface area contributed by atoms with Crippen LogP contribution in [0, 0.1) is 0 Å². The minimum atomic E-state index is 0.381. The van der Waals surface area contributed by atoms with Crippen LogP contribution in [0.5, 0.6) is 0 Å². The molecule has 3 aromatic rings. The zero-order valence-corrected chi connectivity index (χ0v) is 17.0. The number of hydrogen-bond donors (Lipinski definition) is 1. The highest BCUT2D eigenvalue weighted by molar-refractivity contribution is 6.43. The zero-order chi connectivity index (χ0) is 19.5. The largest absolute Gasteiger partial charge is 0.378 e. The smallest absolute Gasteiger partial charge is 0.248 e. The third-order valence-corrected chi connectivity index (χ3v) is 5.66. The van der Waals surface area contributed by atoms with Crippen LogP contribution in [0.4, 0.5) is 11.6 Å². The molecule has 0 bridgehead atoms. The lowest BCUT2D eigenvalue weighted by Gasteiger charge is -2.31. The molecule has 7 nitrogen and oxygen atoms in total. The molecule has 0 saturated carbocycles. The zero-order valence-electron chi connectivity index (χ0n) is 14.8. The maximum absolute atomic E-state index is 6.50. The lowest BCUT2D eigenvalue weighted by molar-refractivity contribution is 0.122. The molecule has 10 heteroatoms. The molecule has 1 N–H and O–H groups in total. The summed E-state index contributed by atoms with van der Waals surface area (Å²) in [6.07, 6.45) is 0. The lowest BCUT2D eigenvalue weighted by atomic mass is 10.1. The third kappa shape index (κ3) is 3.89. The van der Waals surface area contributed by atoms with Crippen molar-refractivity contribution in [2.45, 2.75) is 6.54 Å². The molecule has 28 heavy (non-hydrogen) atoms. The Kier molecular flexibility index (Phi) is 5.87. The molecule has 1 fully saturated rings. The van der Waals surface area contributed by atoms with Gasteiger partial charge < -0.3 is 15.0 Å². The van der Waals surface area contributed by atoms with E-state index >= 15 is 0 Å². The highest BCUT2D eigenvalue weighted by Gasteiger charge is 2.18. The summed E-state index contributed by atoms with van der Waals surface area (Å²) in [4.78, 5) is 2.27. The summed E-state index contributed by atoms with van der Waals surface area (Å²) in [6.45, 7) is 3.49. The highest BCUT2D eigenvalue weighted by atomic mass is 35.5. The van der Waals surface area contributed by atoms with Gasteiger partial charge in [-0.2, -0.15) is 4.68 Å². The van der Waals surface area contributed by atoms with E-state index in [4.69, 9.17) is 39.5 Å². The van der Waals surface area contributed by atoms with Gasteiger partial charge in [0.2, 0.25) is 5.95 Å². The van der Waals surface area contributed by atoms with Crippen molar-refractivity contribution >= 4 is 46.4 Å². The van der Waals surface area contributed by atoms with Crippen molar-refractivity contribution in [1.29, 1.82) is 0 Å². The molecule has 1 aromatic heterocycles. The van der Waals surface area contributed by atoms with Crippen molar-refractivity contribution in [1.82, 2.24) is 20.2 Å². The summed E-state index contributed by atoms with van der Waals surface area (Å²) in [7, 11) is 0. The van der Waals surface area contributed by atoms with Gasteiger partial charge in [-0.25, -0.2) is 0 Å². The van der Waals surface area contributed by atoms with E-state index in [1.54, 1.807) is 18.2 Å². The van der Waals surface area contributed by atoms with E-state index in [0.29, 0.717) is 46.5 Å². The van der Waals surface area contributed by atoms with Gasteiger partial charge in [0.05, 0.1) is 28.9 Å². The summed E-state index contributed by atoms with van der Waals surface area (Å²) in [6, 6.07) is 11.2. The molecule has 4 rings (SSSR count). The molecule has 1 aliphatic heterocycles. The Bertz CT molecular complexity index is 974. The van der Waals surface area contributed by atoms with Crippen LogP contribution in [0.25, 0.3) is 5.69 Å². The molecule has 0 amide bonds. The van der Waals surface area contributed by atoms with Crippen molar-refractivity contribution < 1.29 is 4.74 Å². The summed E-state index contributed by atoms with van der Waals surface area (Å²) < 4.78 is 6.97. The highest BCUT2D eigenvalue weighted by Crippen LogP contribution is 2.31. The number of benzene rings is 2. The Morgan fingerprint density at radius 1 is 0.964 bits per heavy atom. The van der Waals surface area contributed by atoms with Gasteiger partial charge in [0.25, 0.3) is 0 Å². The molecular formula is C18H17Cl3N6O. The Morgan fingerprint density at radius 2 is 1.68 bits per heavy atom. The SMILES string of the molecule is Clc1cccc(-n2nnnc2NCc2c(Cl)cccc2N2CCOCC2)c1Cl. The minimum Gasteiger partial charge on any atom is -0.378 e. The average molecular weight is 440 g/mol. The summed E-state index contributed by atoms with van der Waals surface area (Å²) in [5, 5.41) is 16.6. The third-order valence-electron chi connectivity index (χ3n) is 4.50. The van der Waals surface area contributed by atoms with E-state index in [-0.39, 0.29) is 0 Å². The maximum Gasteiger partial charge on any atom is 0.248 e. The monoisotopic (exact) mass is 438 g/mol. The van der Waals surface area contributed by atoms with Crippen molar-refractivity contribution in [2.75, 3.05) is 36.5 Å². The molecule has 146 valence electrons. The molecule has 1 aliphatic rings. The van der Waals surface area contributed by atoms with Gasteiger partial charge in [0, 0.05) is 35.9 Å². The van der Waals surface area contributed by atoms with Crippen LogP contribution >= 0.6 is 34.8 Å². The molecule has 0 radical (unpaired) electrons. The Morgan fingerprint density at radius 3 is 2.46 bits per heavy atom. The Labute approximate surface area is 177 Å². The van der Waals surface area contributed by atoms with Gasteiger partial charge in [-0.15, -0.1) is 0 Å². The number of rotatable bonds is 5. The Hall–Kier alpha value is -2.06. The van der Waals surface area contributed by atoms with Gasteiger partial charge in [-0.3, -0.25) is 0 Å². The number of hydrogen-bond acceptors (Lipinski definition) is 6. The number of nitrogens with one attached hydrogen (secondary N) is 1. The van der Waals surface area contributed by atoms with E-state index in [1.165, 1.54) is 4.68 Å². The first-order valence-corrected chi connectivity index (χ1v) is 9.85. The second-order valence-corrected chi connectivity index (χ2v) is 7.37. The number of anilines is 2. The average Bonchev–Trinajstić information content (AvgIpc) is 3.18. The topological polar surface area (TPSA) is 68.1 Å². The van der Waals surface area contributed by atoms with E-state index in [1.807, 2.05) is 12.1 Å². The first kappa shape index (κ1) is 19.3. The molecule has 0 aliphatic carbocycles. The van der Waals surface area contributed by atoms with Crippen LogP contribution in [0.2, 0.25) is 15.1 Å². The standard InChI is InChI=1S/C18H17Cl3N6O/c19-13-3-1-5-15(26-7-9-28-10-8-26)12(13)11-22-18-23-24-25-27(18)16-6-2-4-14(20)17(16)21/h1-6H,7-11H2,(H,22,23,25). The van der Waals surface area contributed by atoms with Gasteiger partial charge in [0.15, 0.2) is 0 Å². The van der Waals surface area contributed by atoms with Crippen LogP contribution in [0.3, 0.4) is 0 Å². The fourth-order valence-corrected chi connectivity index (χ4v) is 3.72. The van der Waals surface area contributed by atoms with E-state index in [2.05, 4.69) is 31.8 Å². The maximum atomic E-state index is 6.50. The minimum absolute atomic E-state index is 0.381. The molecule has 0 unspecified atom stereocenters. The second-order valence-electron chi connectivity index (χ2n) is 6.18. The van der Waals surface area contributed by atoms with Crippen LogP contribution in [-0.2, 0) is 11.3 Å². The fourth-order valence-electron chi connectivity index (χ4n) is 3.11. The van der Waals surface area contributed by atoms with E-state index < -0.39 is 0 Å². The van der Waals surface area contributed by atoms with Crippen LogP contribution in [-0.4, -0.2) is 46.5 Å². The first-order chi connectivity index (χ1) is 13.6. The van der Waals surface area contributed by atoms with E-state index in [0.717, 1.165) is 24.3 Å². The molecule has 0 spiro atoms. The van der Waals surface area contributed by atoms with Gasteiger partial charge in [-0.1, -0.05) is 52.0 Å². The van der Waals surface area contributed by atoms with Gasteiger partial charge in [0.1, 0.15) is 0 Å². The predicted molar refractivity (Wildman–Crippen MR) is 111 cm³/mol. The number of tetrazole rings is 1. The van der Waals surface area contributed by atoms with Crippen molar-refractivity contribution in [2.24, 2.45) is 0 Å². The summed E-state index contributed by atoms with van der Waals surface area (Å²) in [5.74, 6) is 0.442. The number of nitrogens with zero attached hydrogens (tertiary/aromatic N) is 5. The first-order valence-electron chi connectivity index (χ1n) is 8.72. The van der Waals surface area contributed by atoms with Gasteiger partial charge in [-0.05, 0) is 34.7 Å². The Balaban J connectivity index is 1.60. The molecular weight excluding hydrogens is 423 g/mol. The van der Waals surface area contributed by atoms with E-state index in [9.17, 15) is 0 Å².